The van der Waals surface area contributed by atoms with Gasteiger partial charge >= 0.3 is 0 Å². The van der Waals surface area contributed by atoms with Crippen LogP contribution < -0.4 is 18.6 Å². The van der Waals surface area contributed by atoms with E-state index in [-0.39, 0.29) is 5.04 Å². The van der Waals surface area contributed by atoms with Gasteiger partial charge in [-0.1, -0.05) is 26.8 Å². The molecule has 1 aliphatic heterocycles. The minimum atomic E-state index is -1.99. The second-order valence-corrected chi connectivity index (χ2v) is 17.7. The molecule has 0 fully saturated rings. The average molecular weight is 571 g/mol. The molecule has 7 nitrogen and oxygen atoms in total. The highest BCUT2D eigenvalue weighted by Crippen LogP contribution is 2.51. The zero-order chi connectivity index (χ0) is 28.8. The first kappa shape index (κ1) is 29.3. The lowest BCUT2D eigenvalue weighted by molar-refractivity contribution is 0.0714. The first-order valence-electron chi connectivity index (χ1n) is 13.4. The first-order valence-corrected chi connectivity index (χ1v) is 17.3. The largest absolute Gasteiger partial charge is 0.543 e. The second-order valence-electron chi connectivity index (χ2n) is 12.0. The van der Waals surface area contributed by atoms with E-state index in [2.05, 4.69) is 64.8 Å². The van der Waals surface area contributed by atoms with E-state index in [1.807, 2.05) is 25.1 Å². The van der Waals surface area contributed by atoms with Crippen LogP contribution in [0.4, 0.5) is 0 Å². The summed E-state index contributed by atoms with van der Waals surface area (Å²) in [7, 11) is 1.28. The van der Waals surface area contributed by atoms with Gasteiger partial charge in [0.15, 0.2) is 17.1 Å². The summed E-state index contributed by atoms with van der Waals surface area (Å²) in [5.41, 5.74) is 3.75. The molecule has 0 radical (unpaired) electrons. The summed E-state index contributed by atoms with van der Waals surface area (Å²) in [5.74, 6) is 5.06. The number of fused-ring (bicyclic) bond motifs is 1. The molecule has 0 spiro atoms. The van der Waals surface area contributed by atoms with E-state index in [0.29, 0.717) is 35.5 Å². The van der Waals surface area contributed by atoms with Crippen LogP contribution in [-0.4, -0.2) is 38.5 Å². The molecule has 1 aromatic heterocycles. The maximum Gasteiger partial charge on any atom is 0.260 e. The zero-order valence-electron chi connectivity index (χ0n) is 25.2. The number of benzene rings is 2. The summed E-state index contributed by atoms with van der Waals surface area (Å²) in [4.78, 5) is 1.14. The van der Waals surface area contributed by atoms with Gasteiger partial charge in [-0.15, -0.1) is 22.0 Å². The van der Waals surface area contributed by atoms with Crippen LogP contribution in [0, 0.1) is 20.8 Å². The molecule has 0 saturated carbocycles. The topological polar surface area (TPSA) is 75.8 Å². The van der Waals surface area contributed by atoms with Crippen LogP contribution in [0.15, 0.2) is 27.5 Å². The molecule has 4 rings (SSSR count). The molecule has 0 amide bonds. The second kappa shape index (κ2) is 10.7. The van der Waals surface area contributed by atoms with Gasteiger partial charge in [-0.25, -0.2) is 0 Å². The Morgan fingerprint density at radius 1 is 0.974 bits per heavy atom. The molecule has 0 aliphatic carbocycles. The maximum absolute atomic E-state index is 6.82. The summed E-state index contributed by atoms with van der Waals surface area (Å²) in [6.45, 7) is 19.8. The molecular weight excluding hydrogens is 528 g/mol. The summed E-state index contributed by atoms with van der Waals surface area (Å²) < 4.78 is 30.4. The number of aryl methyl sites for hydroxylation is 2. The van der Waals surface area contributed by atoms with Gasteiger partial charge in [0.2, 0.25) is 5.89 Å². The fourth-order valence-electron chi connectivity index (χ4n) is 4.35. The predicted molar refractivity (Wildman–Crippen MR) is 158 cm³/mol. The third-order valence-corrected chi connectivity index (χ3v) is 13.9. The van der Waals surface area contributed by atoms with Crippen LogP contribution in [0.3, 0.4) is 0 Å². The van der Waals surface area contributed by atoms with Crippen LogP contribution in [0.5, 0.6) is 23.0 Å². The summed E-state index contributed by atoms with van der Waals surface area (Å²) >= 11 is 1.77. The Morgan fingerprint density at radius 3 is 2.31 bits per heavy atom. The highest BCUT2D eigenvalue weighted by Gasteiger charge is 2.43. The molecular formula is C30H42N2O5SSi. The monoisotopic (exact) mass is 570 g/mol. The fraction of sp³-hybridized carbons (Fsp3) is 0.533. The van der Waals surface area contributed by atoms with Crippen molar-refractivity contribution in [2.75, 3.05) is 20.0 Å². The van der Waals surface area contributed by atoms with Crippen LogP contribution in [-0.2, 0) is 18.4 Å². The number of thioether (sulfide) groups is 1. The van der Waals surface area contributed by atoms with E-state index in [1.54, 1.807) is 26.0 Å². The Balaban J connectivity index is 1.54. The molecule has 0 N–H and O–H groups in total. The van der Waals surface area contributed by atoms with Crippen molar-refractivity contribution in [3.05, 3.63) is 52.2 Å². The normalized spacial score (nSPS) is 17.4. The smallest absolute Gasteiger partial charge is 0.260 e. The van der Waals surface area contributed by atoms with Crippen molar-refractivity contribution in [1.29, 1.82) is 0 Å². The third kappa shape index (κ3) is 5.66. The van der Waals surface area contributed by atoms with E-state index in [4.69, 9.17) is 23.1 Å². The third-order valence-electron chi connectivity index (χ3n) is 8.11. The fourth-order valence-corrected chi connectivity index (χ4v) is 6.71. The van der Waals surface area contributed by atoms with Crippen molar-refractivity contribution in [2.24, 2.45) is 0 Å². The SMILES string of the molecule is COc1ccc(CCc2nnc(C3(C)CSc4c(C)c(O[Si](C)(C)C(C)(C)C)c(C)c(C)c4O3)o2)cc1OC. The summed E-state index contributed by atoms with van der Waals surface area (Å²) in [6, 6.07) is 5.91. The molecule has 1 atom stereocenters. The van der Waals surface area contributed by atoms with Crippen LogP contribution in [0.1, 0.15) is 61.7 Å². The van der Waals surface area contributed by atoms with E-state index >= 15 is 0 Å². The van der Waals surface area contributed by atoms with Crippen LogP contribution in [0.25, 0.3) is 0 Å². The molecule has 0 bridgehead atoms. The Hall–Kier alpha value is -2.65. The zero-order valence-corrected chi connectivity index (χ0v) is 27.0. The maximum atomic E-state index is 6.82. The lowest BCUT2D eigenvalue weighted by Gasteiger charge is -2.39. The van der Waals surface area contributed by atoms with Crippen molar-refractivity contribution < 1.29 is 23.1 Å². The van der Waals surface area contributed by atoms with Crippen molar-refractivity contribution in [3.8, 4) is 23.0 Å². The highest BCUT2D eigenvalue weighted by molar-refractivity contribution is 7.99. The molecule has 212 valence electrons. The van der Waals surface area contributed by atoms with Gasteiger partial charge in [0.1, 0.15) is 11.5 Å². The minimum Gasteiger partial charge on any atom is -0.543 e. The van der Waals surface area contributed by atoms with Gasteiger partial charge in [0, 0.05) is 17.7 Å². The summed E-state index contributed by atoms with van der Waals surface area (Å²) in [6.07, 6.45) is 1.36. The highest BCUT2D eigenvalue weighted by atomic mass is 32.2. The van der Waals surface area contributed by atoms with E-state index in [0.717, 1.165) is 45.1 Å². The molecule has 2 aromatic carbocycles. The number of hydrogen-bond acceptors (Lipinski definition) is 8. The van der Waals surface area contributed by atoms with Crippen molar-refractivity contribution in [1.82, 2.24) is 10.2 Å². The number of methoxy groups -OCH3 is 2. The number of ether oxygens (including phenoxy) is 3. The standard InChI is InChI=1S/C30H42N2O5SSi/c1-18-19(2)26-27(20(3)25(18)37-39(10,11)29(4,5)6)38-17-30(7,36-26)28-32-31-24(35-28)15-13-21-12-14-22(33-8)23(16-21)34-9/h12,14,16H,13,15,17H2,1-11H3. The average Bonchev–Trinajstić information content (AvgIpc) is 3.38. The Labute approximate surface area is 238 Å². The Bertz CT molecular complexity index is 1360. The van der Waals surface area contributed by atoms with Gasteiger partial charge in [-0.3, -0.25) is 0 Å². The summed E-state index contributed by atoms with van der Waals surface area (Å²) in [5, 5.41) is 8.87. The van der Waals surface area contributed by atoms with Crippen molar-refractivity contribution in [3.63, 3.8) is 0 Å². The van der Waals surface area contributed by atoms with Gasteiger partial charge in [-0.2, -0.15) is 0 Å². The lowest BCUT2D eigenvalue weighted by Crippen LogP contribution is -2.44. The number of nitrogens with zero attached hydrogens (tertiary/aromatic N) is 2. The minimum absolute atomic E-state index is 0.118. The predicted octanol–water partition coefficient (Wildman–Crippen LogP) is 7.58. The molecule has 2 heterocycles. The van der Waals surface area contributed by atoms with Crippen molar-refractivity contribution >= 4 is 20.1 Å². The van der Waals surface area contributed by atoms with E-state index in [1.165, 1.54) is 0 Å². The Morgan fingerprint density at radius 2 is 1.67 bits per heavy atom. The van der Waals surface area contributed by atoms with Gasteiger partial charge in [0.25, 0.3) is 14.2 Å². The van der Waals surface area contributed by atoms with Crippen LogP contribution in [0.2, 0.25) is 18.1 Å². The lowest BCUT2D eigenvalue weighted by atomic mass is 10.0. The number of aromatic nitrogens is 2. The molecule has 3 aromatic rings. The molecule has 1 aliphatic rings. The number of rotatable bonds is 8. The number of hydrogen-bond donors (Lipinski definition) is 0. The Kier molecular flexibility index (Phi) is 8.07. The molecule has 39 heavy (non-hydrogen) atoms. The molecule has 9 heteroatoms. The van der Waals surface area contributed by atoms with Crippen molar-refractivity contribution in [2.45, 2.75) is 89.9 Å². The van der Waals surface area contributed by atoms with Gasteiger partial charge < -0.3 is 23.1 Å². The van der Waals surface area contributed by atoms with E-state index < -0.39 is 13.9 Å². The van der Waals surface area contributed by atoms with Crippen LogP contribution >= 0.6 is 11.8 Å². The van der Waals surface area contributed by atoms with Gasteiger partial charge in [0.05, 0.1) is 19.1 Å². The first-order chi connectivity index (χ1) is 18.2. The quantitative estimate of drug-likeness (QED) is 0.257. The van der Waals surface area contributed by atoms with Gasteiger partial charge in [-0.05, 0) is 81.1 Å². The molecule has 0 saturated heterocycles. The molecule has 1 unspecified atom stereocenters. The van der Waals surface area contributed by atoms with E-state index in [9.17, 15) is 0 Å².